The third-order valence-corrected chi connectivity index (χ3v) is 2.85. The van der Waals surface area contributed by atoms with Crippen molar-refractivity contribution in [2.75, 3.05) is 7.11 Å². The molecule has 3 heteroatoms. The molecule has 0 radical (unpaired) electrons. The second kappa shape index (κ2) is 5.00. The normalized spacial score (nSPS) is 10.2. The lowest BCUT2D eigenvalue weighted by Crippen LogP contribution is -2.04. The van der Waals surface area contributed by atoms with Crippen LogP contribution in [0.2, 0.25) is 0 Å². The van der Waals surface area contributed by atoms with Crippen molar-refractivity contribution in [1.82, 2.24) is 4.98 Å². The molecule has 1 heterocycles. The molecule has 0 saturated heterocycles. The van der Waals surface area contributed by atoms with Gasteiger partial charge in [0.05, 0.1) is 7.11 Å². The maximum Gasteiger partial charge on any atom is 0.194 e. The van der Waals surface area contributed by atoms with Gasteiger partial charge in [0, 0.05) is 23.0 Å². The summed E-state index contributed by atoms with van der Waals surface area (Å²) in [6.07, 6.45) is 1.61. The van der Waals surface area contributed by atoms with Gasteiger partial charge in [-0.15, -0.1) is 0 Å². The molecule has 0 aliphatic carbocycles. The summed E-state index contributed by atoms with van der Waals surface area (Å²) < 4.78 is 5.13. The fourth-order valence-electron chi connectivity index (χ4n) is 1.78. The molecule has 92 valence electrons. The van der Waals surface area contributed by atoms with Crippen molar-refractivity contribution >= 4 is 5.78 Å². The molecule has 0 unspecified atom stereocenters. The Morgan fingerprint density at radius 2 is 1.94 bits per heavy atom. The van der Waals surface area contributed by atoms with E-state index in [1.54, 1.807) is 31.5 Å². The quantitative estimate of drug-likeness (QED) is 0.775. The summed E-state index contributed by atoms with van der Waals surface area (Å²) in [5.74, 6) is 0.744. The molecular formula is C15H15NO2. The number of aromatic nitrogens is 1. The average molecular weight is 241 g/mol. The number of hydrogen-bond donors (Lipinski definition) is 0. The summed E-state index contributed by atoms with van der Waals surface area (Å²) in [6.45, 7) is 3.80. The number of hydrogen-bond acceptors (Lipinski definition) is 3. The minimum atomic E-state index is -0.0114. The SMILES string of the molecule is COc1ccc(C(=O)c2ccc(C)nc2)c(C)c1. The van der Waals surface area contributed by atoms with E-state index in [9.17, 15) is 4.79 Å². The summed E-state index contributed by atoms with van der Waals surface area (Å²) in [4.78, 5) is 16.4. The third-order valence-electron chi connectivity index (χ3n) is 2.85. The third kappa shape index (κ3) is 2.40. The molecule has 2 rings (SSSR count). The van der Waals surface area contributed by atoms with E-state index in [1.165, 1.54) is 0 Å². The van der Waals surface area contributed by atoms with E-state index in [1.807, 2.05) is 26.0 Å². The van der Waals surface area contributed by atoms with Crippen LogP contribution in [0.4, 0.5) is 0 Å². The number of ketones is 1. The Labute approximate surface area is 106 Å². The standard InChI is InChI=1S/C15H15NO2/c1-10-8-13(18-3)6-7-14(10)15(17)12-5-4-11(2)16-9-12/h4-9H,1-3H3. The van der Waals surface area contributed by atoms with E-state index in [0.29, 0.717) is 11.1 Å². The van der Waals surface area contributed by atoms with Crippen LogP contribution in [0.1, 0.15) is 27.2 Å². The van der Waals surface area contributed by atoms with E-state index in [-0.39, 0.29) is 5.78 Å². The van der Waals surface area contributed by atoms with Gasteiger partial charge in [0.2, 0.25) is 0 Å². The van der Waals surface area contributed by atoms with Crippen molar-refractivity contribution in [3.63, 3.8) is 0 Å². The van der Waals surface area contributed by atoms with E-state index >= 15 is 0 Å². The van der Waals surface area contributed by atoms with Crippen LogP contribution in [0.3, 0.4) is 0 Å². The highest BCUT2D eigenvalue weighted by Crippen LogP contribution is 2.19. The number of benzene rings is 1. The number of carbonyl (C=O) groups is 1. The summed E-state index contributed by atoms with van der Waals surface area (Å²) >= 11 is 0. The summed E-state index contributed by atoms with van der Waals surface area (Å²) in [5.41, 5.74) is 3.09. The lowest BCUT2D eigenvalue weighted by atomic mass is 10.00. The molecule has 0 saturated carbocycles. The van der Waals surface area contributed by atoms with Crippen molar-refractivity contribution in [3.05, 3.63) is 58.9 Å². The van der Waals surface area contributed by atoms with Gasteiger partial charge in [-0.3, -0.25) is 9.78 Å². The Balaban J connectivity index is 2.37. The zero-order chi connectivity index (χ0) is 13.1. The van der Waals surface area contributed by atoms with Crippen LogP contribution >= 0.6 is 0 Å². The number of aryl methyl sites for hydroxylation is 2. The van der Waals surface area contributed by atoms with Gasteiger partial charge in [0.25, 0.3) is 0 Å². The second-order valence-electron chi connectivity index (χ2n) is 4.20. The fraction of sp³-hybridized carbons (Fsp3) is 0.200. The molecule has 1 aromatic heterocycles. The van der Waals surface area contributed by atoms with Crippen LogP contribution in [0.5, 0.6) is 5.75 Å². The number of methoxy groups -OCH3 is 1. The van der Waals surface area contributed by atoms with Crippen molar-refractivity contribution in [2.45, 2.75) is 13.8 Å². The molecule has 18 heavy (non-hydrogen) atoms. The van der Waals surface area contributed by atoms with Crippen molar-refractivity contribution in [2.24, 2.45) is 0 Å². The zero-order valence-corrected chi connectivity index (χ0v) is 10.7. The molecule has 0 amide bonds. The predicted molar refractivity (Wildman–Crippen MR) is 70.1 cm³/mol. The molecule has 0 bridgehead atoms. The highest BCUT2D eigenvalue weighted by atomic mass is 16.5. The Morgan fingerprint density at radius 3 is 2.50 bits per heavy atom. The van der Waals surface area contributed by atoms with Gasteiger partial charge in [0.15, 0.2) is 5.78 Å². The van der Waals surface area contributed by atoms with Crippen molar-refractivity contribution < 1.29 is 9.53 Å². The van der Waals surface area contributed by atoms with E-state index in [0.717, 1.165) is 17.0 Å². The first-order valence-electron chi connectivity index (χ1n) is 5.74. The number of ether oxygens (including phenoxy) is 1. The summed E-state index contributed by atoms with van der Waals surface area (Å²) in [5, 5.41) is 0. The van der Waals surface area contributed by atoms with Gasteiger partial charge in [-0.2, -0.15) is 0 Å². The largest absolute Gasteiger partial charge is 0.497 e. The van der Waals surface area contributed by atoms with Crippen LogP contribution in [0, 0.1) is 13.8 Å². The molecule has 2 aromatic rings. The maximum absolute atomic E-state index is 12.3. The van der Waals surface area contributed by atoms with Crippen molar-refractivity contribution in [1.29, 1.82) is 0 Å². The Kier molecular flexibility index (Phi) is 3.42. The number of rotatable bonds is 3. The Hall–Kier alpha value is -2.16. The zero-order valence-electron chi connectivity index (χ0n) is 10.7. The molecule has 1 aromatic carbocycles. The molecule has 0 N–H and O–H groups in total. The van der Waals surface area contributed by atoms with Gasteiger partial charge in [-0.25, -0.2) is 0 Å². The first-order chi connectivity index (χ1) is 8.61. The summed E-state index contributed by atoms with van der Waals surface area (Å²) in [6, 6.07) is 9.08. The number of pyridine rings is 1. The second-order valence-corrected chi connectivity index (χ2v) is 4.20. The van der Waals surface area contributed by atoms with Gasteiger partial charge < -0.3 is 4.74 Å². The average Bonchev–Trinajstić information content (AvgIpc) is 2.38. The predicted octanol–water partition coefficient (Wildman–Crippen LogP) is 2.94. The van der Waals surface area contributed by atoms with Gasteiger partial charge >= 0.3 is 0 Å². The van der Waals surface area contributed by atoms with Crippen LogP contribution in [0.15, 0.2) is 36.5 Å². The minimum Gasteiger partial charge on any atom is -0.497 e. The van der Waals surface area contributed by atoms with Crippen molar-refractivity contribution in [3.8, 4) is 5.75 Å². The van der Waals surface area contributed by atoms with Crippen LogP contribution in [-0.4, -0.2) is 17.9 Å². The van der Waals surface area contributed by atoms with Gasteiger partial charge in [0.1, 0.15) is 5.75 Å². The number of nitrogens with zero attached hydrogens (tertiary/aromatic N) is 1. The molecular weight excluding hydrogens is 226 g/mol. The highest BCUT2D eigenvalue weighted by Gasteiger charge is 2.12. The van der Waals surface area contributed by atoms with Crippen LogP contribution < -0.4 is 4.74 Å². The Bertz CT molecular complexity index is 574. The van der Waals surface area contributed by atoms with E-state index < -0.39 is 0 Å². The lowest BCUT2D eigenvalue weighted by molar-refractivity contribution is 0.103. The first kappa shape index (κ1) is 12.3. The lowest BCUT2D eigenvalue weighted by Gasteiger charge is -2.07. The topological polar surface area (TPSA) is 39.2 Å². The summed E-state index contributed by atoms with van der Waals surface area (Å²) in [7, 11) is 1.61. The maximum atomic E-state index is 12.3. The molecule has 0 fully saturated rings. The number of carbonyl (C=O) groups excluding carboxylic acids is 1. The van der Waals surface area contributed by atoms with Gasteiger partial charge in [-0.05, 0) is 49.7 Å². The monoisotopic (exact) mass is 241 g/mol. The fourth-order valence-corrected chi connectivity index (χ4v) is 1.78. The smallest absolute Gasteiger partial charge is 0.194 e. The minimum absolute atomic E-state index is 0.0114. The molecule has 0 aliphatic heterocycles. The van der Waals surface area contributed by atoms with E-state index in [2.05, 4.69) is 4.98 Å². The molecule has 3 nitrogen and oxygen atoms in total. The molecule has 0 spiro atoms. The van der Waals surface area contributed by atoms with Crippen LogP contribution in [0.25, 0.3) is 0 Å². The highest BCUT2D eigenvalue weighted by molar-refractivity contribution is 6.09. The van der Waals surface area contributed by atoms with E-state index in [4.69, 9.17) is 4.74 Å². The molecule has 0 aliphatic rings. The first-order valence-corrected chi connectivity index (χ1v) is 5.74. The van der Waals surface area contributed by atoms with Crippen LogP contribution in [-0.2, 0) is 0 Å². The molecule has 0 atom stereocenters. The van der Waals surface area contributed by atoms with Gasteiger partial charge in [-0.1, -0.05) is 0 Å². The Morgan fingerprint density at radius 1 is 1.17 bits per heavy atom.